The van der Waals surface area contributed by atoms with Gasteiger partial charge in [-0.3, -0.25) is 19.6 Å². The molecule has 0 fully saturated rings. The standard InChI is InChI=1S/C28H33N5O2/c34-27(32-18-13-25-8-4-6-15-31-25)23-9-10-26-24(20-23)21-30-14-5-2-1-3-7-19-33(26)28(35)22-11-16-29-17-12-22/h4,6,8-12,15-17,20,30H,1-3,5,7,13-14,18-19,21H2,(H,32,34). The molecule has 0 atom stereocenters. The Bertz CT molecular complexity index is 1100. The van der Waals surface area contributed by atoms with E-state index in [-0.39, 0.29) is 11.8 Å². The molecule has 2 aromatic heterocycles. The van der Waals surface area contributed by atoms with Crippen molar-refractivity contribution in [3.8, 4) is 0 Å². The topological polar surface area (TPSA) is 87.2 Å². The summed E-state index contributed by atoms with van der Waals surface area (Å²) in [6.07, 6.45) is 11.2. The van der Waals surface area contributed by atoms with Gasteiger partial charge in [-0.25, -0.2) is 0 Å². The molecular weight excluding hydrogens is 438 g/mol. The highest BCUT2D eigenvalue weighted by molar-refractivity contribution is 6.06. The van der Waals surface area contributed by atoms with Gasteiger partial charge in [0.1, 0.15) is 0 Å². The number of hydrogen-bond donors (Lipinski definition) is 2. The Morgan fingerprint density at radius 1 is 0.914 bits per heavy atom. The van der Waals surface area contributed by atoms with Crippen molar-refractivity contribution in [3.63, 3.8) is 0 Å². The number of fused-ring (bicyclic) bond motifs is 1. The number of nitrogens with one attached hydrogen (secondary N) is 2. The van der Waals surface area contributed by atoms with Crippen LogP contribution in [0.5, 0.6) is 0 Å². The van der Waals surface area contributed by atoms with E-state index in [1.165, 1.54) is 12.8 Å². The second-order valence-electron chi connectivity index (χ2n) is 8.81. The van der Waals surface area contributed by atoms with Crippen molar-refractivity contribution >= 4 is 17.5 Å². The quantitative estimate of drug-likeness (QED) is 0.584. The van der Waals surface area contributed by atoms with Crippen molar-refractivity contribution in [2.45, 2.75) is 45.1 Å². The zero-order chi connectivity index (χ0) is 24.3. The van der Waals surface area contributed by atoms with Crippen LogP contribution in [0, 0.1) is 0 Å². The Kier molecular flexibility index (Phi) is 8.95. The van der Waals surface area contributed by atoms with Crippen LogP contribution in [0.2, 0.25) is 0 Å². The van der Waals surface area contributed by atoms with Gasteiger partial charge in [-0.15, -0.1) is 0 Å². The second-order valence-corrected chi connectivity index (χ2v) is 8.81. The number of anilines is 1. The van der Waals surface area contributed by atoms with Crippen molar-refractivity contribution in [2.24, 2.45) is 0 Å². The monoisotopic (exact) mass is 471 g/mol. The average molecular weight is 472 g/mol. The van der Waals surface area contributed by atoms with E-state index in [0.29, 0.717) is 37.2 Å². The number of hydrogen-bond acceptors (Lipinski definition) is 5. The summed E-state index contributed by atoms with van der Waals surface area (Å²) in [5.74, 6) is -0.167. The van der Waals surface area contributed by atoms with Crippen LogP contribution >= 0.6 is 0 Å². The third kappa shape index (κ3) is 6.96. The molecule has 2 amide bonds. The van der Waals surface area contributed by atoms with Crippen LogP contribution in [0.3, 0.4) is 0 Å². The van der Waals surface area contributed by atoms with E-state index in [2.05, 4.69) is 20.6 Å². The first-order valence-corrected chi connectivity index (χ1v) is 12.5. The molecule has 3 heterocycles. The Labute approximate surface area is 207 Å². The molecule has 3 aromatic rings. The molecule has 35 heavy (non-hydrogen) atoms. The molecule has 1 aromatic carbocycles. The molecule has 182 valence electrons. The van der Waals surface area contributed by atoms with Crippen LogP contribution in [0.15, 0.2) is 67.1 Å². The molecule has 7 heteroatoms. The first kappa shape index (κ1) is 24.5. The van der Waals surface area contributed by atoms with Gasteiger partial charge in [-0.1, -0.05) is 25.3 Å². The summed E-state index contributed by atoms with van der Waals surface area (Å²) in [7, 11) is 0. The van der Waals surface area contributed by atoms with Crippen molar-refractivity contribution in [1.29, 1.82) is 0 Å². The van der Waals surface area contributed by atoms with Gasteiger partial charge in [0.05, 0.1) is 0 Å². The van der Waals surface area contributed by atoms with Crippen LogP contribution in [0.1, 0.15) is 64.1 Å². The molecule has 0 aliphatic carbocycles. The number of nitrogens with zero attached hydrogens (tertiary/aromatic N) is 3. The summed E-state index contributed by atoms with van der Waals surface area (Å²) in [6.45, 7) is 2.67. The summed E-state index contributed by atoms with van der Waals surface area (Å²) in [4.78, 5) is 36.6. The second kappa shape index (κ2) is 12.8. The maximum Gasteiger partial charge on any atom is 0.258 e. The largest absolute Gasteiger partial charge is 0.352 e. The number of pyridine rings is 2. The zero-order valence-electron chi connectivity index (χ0n) is 20.1. The first-order valence-electron chi connectivity index (χ1n) is 12.5. The highest BCUT2D eigenvalue weighted by Crippen LogP contribution is 2.26. The van der Waals surface area contributed by atoms with Gasteiger partial charge in [0, 0.05) is 67.2 Å². The lowest BCUT2D eigenvalue weighted by Crippen LogP contribution is -2.34. The zero-order valence-corrected chi connectivity index (χ0v) is 20.1. The molecule has 2 N–H and O–H groups in total. The lowest BCUT2D eigenvalue weighted by molar-refractivity contribution is 0.0953. The van der Waals surface area contributed by atoms with Crippen molar-refractivity contribution in [2.75, 3.05) is 24.5 Å². The fourth-order valence-electron chi connectivity index (χ4n) is 4.34. The normalized spacial score (nSPS) is 14.8. The number of amides is 2. The smallest absolute Gasteiger partial charge is 0.258 e. The van der Waals surface area contributed by atoms with Crippen LogP contribution in [0.4, 0.5) is 5.69 Å². The summed E-state index contributed by atoms with van der Waals surface area (Å²) in [6, 6.07) is 14.9. The highest BCUT2D eigenvalue weighted by atomic mass is 16.2. The minimum atomic E-state index is -0.123. The van der Waals surface area contributed by atoms with E-state index in [4.69, 9.17) is 0 Å². The Hall–Kier alpha value is -3.58. The van der Waals surface area contributed by atoms with E-state index >= 15 is 0 Å². The summed E-state index contributed by atoms with van der Waals surface area (Å²) >= 11 is 0. The van der Waals surface area contributed by atoms with E-state index in [0.717, 1.165) is 42.8 Å². The highest BCUT2D eigenvalue weighted by Gasteiger charge is 2.21. The minimum Gasteiger partial charge on any atom is -0.352 e. The number of carbonyl (C=O) groups is 2. The molecule has 0 saturated carbocycles. The van der Waals surface area contributed by atoms with Crippen LogP contribution in [-0.2, 0) is 13.0 Å². The predicted octanol–water partition coefficient (Wildman–Crippen LogP) is 4.15. The molecule has 4 rings (SSSR count). The van der Waals surface area contributed by atoms with E-state index < -0.39 is 0 Å². The molecule has 0 saturated heterocycles. The lowest BCUT2D eigenvalue weighted by atomic mass is 10.0. The van der Waals surface area contributed by atoms with Gasteiger partial charge in [-0.2, -0.15) is 0 Å². The summed E-state index contributed by atoms with van der Waals surface area (Å²) in [5, 5.41) is 6.50. The Balaban J connectivity index is 1.55. The molecule has 0 radical (unpaired) electrons. The van der Waals surface area contributed by atoms with E-state index in [1.807, 2.05) is 41.3 Å². The number of rotatable bonds is 5. The van der Waals surface area contributed by atoms with Gasteiger partial charge in [0.2, 0.25) is 0 Å². The summed E-state index contributed by atoms with van der Waals surface area (Å²) in [5.41, 5.74) is 3.95. The average Bonchev–Trinajstić information content (AvgIpc) is 2.90. The van der Waals surface area contributed by atoms with E-state index in [1.54, 1.807) is 30.7 Å². The van der Waals surface area contributed by atoms with E-state index in [9.17, 15) is 9.59 Å². The van der Waals surface area contributed by atoms with Gasteiger partial charge >= 0.3 is 0 Å². The predicted molar refractivity (Wildman–Crippen MR) is 137 cm³/mol. The minimum absolute atomic E-state index is 0.0433. The third-order valence-corrected chi connectivity index (χ3v) is 6.25. The maximum absolute atomic E-state index is 13.5. The van der Waals surface area contributed by atoms with Crippen LogP contribution in [-0.4, -0.2) is 41.4 Å². The van der Waals surface area contributed by atoms with Gasteiger partial charge in [0.25, 0.3) is 11.8 Å². The molecule has 0 unspecified atom stereocenters. The fraction of sp³-hybridized carbons (Fsp3) is 0.357. The molecule has 7 nitrogen and oxygen atoms in total. The van der Waals surface area contributed by atoms with Gasteiger partial charge < -0.3 is 15.5 Å². The Morgan fingerprint density at radius 3 is 2.57 bits per heavy atom. The number of aromatic nitrogens is 2. The fourth-order valence-corrected chi connectivity index (χ4v) is 4.34. The number of benzene rings is 1. The SMILES string of the molecule is O=C(NCCc1ccccn1)c1ccc2c(c1)CNCCCCCCCN2C(=O)c1ccncc1. The van der Waals surface area contributed by atoms with Gasteiger partial charge in [-0.05, 0) is 67.4 Å². The van der Waals surface area contributed by atoms with Crippen molar-refractivity contribution < 1.29 is 9.59 Å². The van der Waals surface area contributed by atoms with Crippen LogP contribution in [0.25, 0.3) is 0 Å². The molecule has 0 bridgehead atoms. The first-order chi connectivity index (χ1) is 17.2. The maximum atomic E-state index is 13.5. The van der Waals surface area contributed by atoms with Gasteiger partial charge in [0.15, 0.2) is 0 Å². The third-order valence-electron chi connectivity index (χ3n) is 6.25. The van der Waals surface area contributed by atoms with Crippen molar-refractivity contribution in [3.05, 3.63) is 89.5 Å². The van der Waals surface area contributed by atoms with Crippen LogP contribution < -0.4 is 15.5 Å². The Morgan fingerprint density at radius 2 is 1.74 bits per heavy atom. The molecule has 1 aliphatic rings. The summed E-state index contributed by atoms with van der Waals surface area (Å²) < 4.78 is 0. The molecular formula is C28H33N5O2. The molecule has 0 spiro atoms. The molecule has 1 aliphatic heterocycles. The number of carbonyl (C=O) groups excluding carboxylic acids is 2. The van der Waals surface area contributed by atoms with Crippen molar-refractivity contribution in [1.82, 2.24) is 20.6 Å². The lowest BCUT2D eigenvalue weighted by Gasteiger charge is -2.27.